The molecule has 1 N–H and O–H groups in total. The van der Waals surface area contributed by atoms with Gasteiger partial charge in [-0.1, -0.05) is 48.0 Å². The largest absolute Gasteiger partial charge is 0.501 e. The van der Waals surface area contributed by atoms with Gasteiger partial charge in [0, 0.05) is 38.3 Å². The minimum atomic E-state index is -0.627. The summed E-state index contributed by atoms with van der Waals surface area (Å²) in [6.07, 6.45) is 0.597. The average Bonchev–Trinajstić information content (AvgIpc) is 3.39. The summed E-state index contributed by atoms with van der Waals surface area (Å²) >= 11 is 6.73. The molecule has 1 aliphatic heterocycles. The van der Waals surface area contributed by atoms with E-state index < -0.39 is 17.4 Å². The number of aromatic hydroxyl groups is 1. The lowest BCUT2D eigenvalue weighted by molar-refractivity contribution is 0.0827. The Morgan fingerprint density at radius 2 is 1.80 bits per heavy atom. The third-order valence-corrected chi connectivity index (χ3v) is 7.57. The first-order chi connectivity index (χ1) is 19.2. The summed E-state index contributed by atoms with van der Waals surface area (Å²) in [7, 11) is 5.02. The van der Waals surface area contributed by atoms with E-state index in [9.17, 15) is 14.7 Å². The van der Waals surface area contributed by atoms with Gasteiger partial charge in [0.15, 0.2) is 11.3 Å². The van der Waals surface area contributed by atoms with Gasteiger partial charge in [0.05, 0.1) is 6.04 Å². The zero-order valence-electron chi connectivity index (χ0n) is 22.1. The molecule has 5 aromatic rings. The molecular formula is C30H26ClN5O4. The Morgan fingerprint density at radius 1 is 1.05 bits per heavy atom. The maximum atomic E-state index is 13.3. The zero-order valence-corrected chi connectivity index (χ0v) is 22.9. The lowest BCUT2D eigenvalue weighted by atomic mass is 9.87. The second-order valence-electron chi connectivity index (χ2n) is 9.94. The first kappa shape index (κ1) is 25.6. The molecule has 2 aromatic heterocycles. The van der Waals surface area contributed by atoms with E-state index in [0.29, 0.717) is 40.6 Å². The Bertz CT molecular complexity index is 1810. The van der Waals surface area contributed by atoms with Crippen LogP contribution < -0.4 is 10.5 Å². The van der Waals surface area contributed by atoms with Gasteiger partial charge in [0.25, 0.3) is 17.4 Å². The molecule has 1 aliphatic rings. The molecule has 0 aliphatic carbocycles. The van der Waals surface area contributed by atoms with Crippen LogP contribution in [0.3, 0.4) is 0 Å². The van der Waals surface area contributed by atoms with Crippen molar-refractivity contribution < 1.29 is 14.3 Å². The minimum Gasteiger partial charge on any atom is -0.501 e. The topological polar surface area (TPSA) is 105 Å². The predicted octanol–water partition coefficient (Wildman–Crippen LogP) is 4.80. The van der Waals surface area contributed by atoms with Gasteiger partial charge in [0.1, 0.15) is 5.52 Å². The van der Waals surface area contributed by atoms with Crippen molar-refractivity contribution in [2.75, 3.05) is 25.5 Å². The number of rotatable bonds is 4. The molecule has 1 atom stereocenters. The van der Waals surface area contributed by atoms with Crippen molar-refractivity contribution in [1.82, 2.24) is 19.4 Å². The number of carbonyl (C=O) groups excluding carboxylic acids is 1. The molecule has 40 heavy (non-hydrogen) atoms. The fourth-order valence-corrected chi connectivity index (χ4v) is 5.46. The molecule has 0 saturated heterocycles. The Morgan fingerprint density at radius 3 is 2.55 bits per heavy atom. The molecule has 0 radical (unpaired) electrons. The standard InChI is InChI=1S/C30H26ClN5O4/c1-34(2)28(38)18-12-13-19-17(16-18)14-15-36(25(19)20-8-4-5-9-21(20)31)30-33-24(26(37)29(39)35(30)3)27-32-22-10-6-7-11-23(22)40-27/h4-13,16,25,37H,14-15H2,1-3H3/t25-/m1/s1. The van der Waals surface area contributed by atoms with Crippen LogP contribution in [0.1, 0.15) is 33.1 Å². The number of carbonyl (C=O) groups is 1. The van der Waals surface area contributed by atoms with E-state index in [2.05, 4.69) is 4.98 Å². The summed E-state index contributed by atoms with van der Waals surface area (Å²) in [5, 5.41) is 11.4. The van der Waals surface area contributed by atoms with Gasteiger partial charge in [-0.05, 0) is 53.4 Å². The first-order valence-corrected chi connectivity index (χ1v) is 13.1. The summed E-state index contributed by atoms with van der Waals surface area (Å²) in [4.78, 5) is 38.7. The predicted molar refractivity (Wildman–Crippen MR) is 153 cm³/mol. The van der Waals surface area contributed by atoms with Crippen molar-refractivity contribution in [3.63, 3.8) is 0 Å². The molecule has 0 bridgehead atoms. The molecular weight excluding hydrogens is 530 g/mol. The summed E-state index contributed by atoms with van der Waals surface area (Å²) in [5.41, 5.74) is 3.82. The molecule has 0 spiro atoms. The third kappa shape index (κ3) is 4.19. The van der Waals surface area contributed by atoms with Crippen LogP contribution in [0.4, 0.5) is 5.95 Å². The SMILES string of the molecule is CN(C)C(=O)c1ccc2c(c1)CCN(c1nc(-c3nc4ccccc4o3)c(O)c(=O)n1C)[C@H]2c1ccccc1Cl. The van der Waals surface area contributed by atoms with Crippen LogP contribution >= 0.6 is 11.6 Å². The summed E-state index contributed by atoms with van der Waals surface area (Å²) in [6.45, 7) is 0.473. The maximum Gasteiger partial charge on any atom is 0.297 e. The Hall–Kier alpha value is -4.63. The molecule has 9 nitrogen and oxygen atoms in total. The van der Waals surface area contributed by atoms with Crippen LogP contribution in [0.2, 0.25) is 5.02 Å². The van der Waals surface area contributed by atoms with Gasteiger partial charge < -0.3 is 19.3 Å². The monoisotopic (exact) mass is 555 g/mol. The first-order valence-electron chi connectivity index (χ1n) is 12.8. The van der Waals surface area contributed by atoms with E-state index in [1.807, 2.05) is 59.5 Å². The number of halogens is 1. The van der Waals surface area contributed by atoms with Crippen LogP contribution in [-0.4, -0.2) is 51.1 Å². The van der Waals surface area contributed by atoms with Crippen molar-refractivity contribution in [3.8, 4) is 17.3 Å². The van der Waals surface area contributed by atoms with Gasteiger partial charge in [-0.25, -0.2) is 9.97 Å². The van der Waals surface area contributed by atoms with Gasteiger partial charge in [-0.3, -0.25) is 14.2 Å². The number of anilines is 1. The molecule has 10 heteroatoms. The van der Waals surface area contributed by atoms with Crippen molar-refractivity contribution in [2.45, 2.75) is 12.5 Å². The molecule has 202 valence electrons. The van der Waals surface area contributed by atoms with Gasteiger partial charge in [-0.15, -0.1) is 0 Å². The van der Waals surface area contributed by atoms with Gasteiger partial charge in [0.2, 0.25) is 11.7 Å². The van der Waals surface area contributed by atoms with Gasteiger partial charge >= 0.3 is 0 Å². The summed E-state index contributed by atoms with van der Waals surface area (Å²) in [6, 6.07) is 20.0. The molecule has 3 heterocycles. The zero-order chi connectivity index (χ0) is 28.1. The van der Waals surface area contributed by atoms with Crippen LogP contribution in [-0.2, 0) is 13.5 Å². The number of hydrogen-bond donors (Lipinski definition) is 1. The highest BCUT2D eigenvalue weighted by Gasteiger charge is 2.34. The highest BCUT2D eigenvalue weighted by atomic mass is 35.5. The Kier molecular flexibility index (Phi) is 6.31. The van der Waals surface area contributed by atoms with E-state index >= 15 is 0 Å². The fourth-order valence-electron chi connectivity index (χ4n) is 5.22. The summed E-state index contributed by atoms with van der Waals surface area (Å²) < 4.78 is 7.18. The molecule has 3 aromatic carbocycles. The van der Waals surface area contributed by atoms with Crippen LogP contribution in [0, 0.1) is 0 Å². The molecule has 6 rings (SSSR count). The minimum absolute atomic E-state index is 0.0371. The van der Waals surface area contributed by atoms with Crippen molar-refractivity contribution in [3.05, 3.63) is 104 Å². The second-order valence-corrected chi connectivity index (χ2v) is 10.3. The molecule has 0 fully saturated rings. The highest BCUT2D eigenvalue weighted by molar-refractivity contribution is 6.31. The van der Waals surface area contributed by atoms with Crippen molar-refractivity contribution in [1.29, 1.82) is 0 Å². The van der Waals surface area contributed by atoms with E-state index in [4.69, 9.17) is 21.0 Å². The van der Waals surface area contributed by atoms with Crippen LogP contribution in [0.5, 0.6) is 5.75 Å². The Labute approximate surface area is 234 Å². The molecule has 1 amide bonds. The number of fused-ring (bicyclic) bond motifs is 2. The lowest BCUT2D eigenvalue weighted by Crippen LogP contribution is -2.40. The smallest absolute Gasteiger partial charge is 0.297 e. The van der Waals surface area contributed by atoms with Crippen molar-refractivity contribution >= 4 is 34.6 Å². The van der Waals surface area contributed by atoms with Crippen molar-refractivity contribution in [2.24, 2.45) is 7.05 Å². The van der Waals surface area contributed by atoms with Gasteiger partial charge in [-0.2, -0.15) is 0 Å². The number of aromatic nitrogens is 3. The third-order valence-electron chi connectivity index (χ3n) is 7.22. The number of oxazole rings is 1. The number of hydrogen-bond acceptors (Lipinski definition) is 7. The highest BCUT2D eigenvalue weighted by Crippen LogP contribution is 2.41. The molecule has 0 saturated carbocycles. The van der Waals surface area contributed by atoms with E-state index in [1.54, 1.807) is 38.2 Å². The maximum absolute atomic E-state index is 13.3. The average molecular weight is 556 g/mol. The second kappa shape index (κ2) is 9.84. The number of nitrogens with zero attached hydrogens (tertiary/aromatic N) is 5. The van der Waals surface area contributed by atoms with E-state index in [0.717, 1.165) is 16.7 Å². The number of para-hydroxylation sites is 2. The number of benzene rings is 3. The molecule has 0 unspecified atom stereocenters. The Balaban J connectivity index is 1.54. The quantitative estimate of drug-likeness (QED) is 0.339. The van der Waals surface area contributed by atoms with E-state index in [1.165, 1.54) is 4.57 Å². The number of amides is 1. The van der Waals surface area contributed by atoms with Crippen LogP contribution in [0.15, 0.2) is 75.9 Å². The summed E-state index contributed by atoms with van der Waals surface area (Å²) in [5.74, 6) is -0.248. The van der Waals surface area contributed by atoms with E-state index in [-0.39, 0.29) is 17.5 Å². The van der Waals surface area contributed by atoms with Crippen LogP contribution in [0.25, 0.3) is 22.7 Å². The fraction of sp³-hybridized carbons (Fsp3) is 0.200. The normalized spacial score (nSPS) is 14.8. The lowest BCUT2D eigenvalue weighted by Gasteiger charge is -2.39.